The van der Waals surface area contributed by atoms with Gasteiger partial charge in [-0.1, -0.05) is 18.9 Å². The van der Waals surface area contributed by atoms with Crippen molar-refractivity contribution in [1.29, 1.82) is 0 Å². The number of nitrogens with one attached hydrogen (secondary N) is 1. The summed E-state index contributed by atoms with van der Waals surface area (Å²) in [7, 11) is 1.94. The normalized spacial score (nSPS) is 28.7. The van der Waals surface area contributed by atoms with E-state index in [1.54, 1.807) is 6.20 Å². The number of hydrogen-bond acceptors (Lipinski definition) is 6. The van der Waals surface area contributed by atoms with E-state index >= 15 is 0 Å². The number of carbonyl (C=O) groups is 1. The van der Waals surface area contributed by atoms with Gasteiger partial charge in [-0.15, -0.1) is 0 Å². The third kappa shape index (κ3) is 5.04. The van der Waals surface area contributed by atoms with Crippen molar-refractivity contribution in [2.24, 2.45) is 5.92 Å². The van der Waals surface area contributed by atoms with Gasteiger partial charge < -0.3 is 20.3 Å². The minimum absolute atomic E-state index is 0.0768. The summed E-state index contributed by atoms with van der Waals surface area (Å²) < 4.78 is 5.85. The Labute approximate surface area is 160 Å². The van der Waals surface area contributed by atoms with E-state index in [0.29, 0.717) is 13.1 Å². The Hall–Kier alpha value is -1.54. The highest BCUT2D eigenvalue weighted by Crippen LogP contribution is 2.27. The zero-order valence-corrected chi connectivity index (χ0v) is 16.0. The Morgan fingerprint density at radius 1 is 1.33 bits per heavy atom. The number of rotatable bonds is 8. The summed E-state index contributed by atoms with van der Waals surface area (Å²) in [6.07, 6.45) is 4.88. The number of likely N-dealkylation sites (N-methyl/N-ethyl adjacent to an activating group) is 1. The largest absolute Gasteiger partial charge is 0.394 e. The Morgan fingerprint density at radius 3 is 2.78 bits per heavy atom. The maximum atomic E-state index is 12.3. The summed E-state index contributed by atoms with van der Waals surface area (Å²) in [5.41, 5.74) is 0.988. The van der Waals surface area contributed by atoms with E-state index in [9.17, 15) is 15.0 Å². The van der Waals surface area contributed by atoms with Crippen LogP contribution in [0.3, 0.4) is 0 Å². The third-order valence-corrected chi connectivity index (χ3v) is 5.80. The van der Waals surface area contributed by atoms with Crippen LogP contribution in [-0.4, -0.2) is 77.1 Å². The number of nitrogens with zero attached hydrogens (tertiary/aromatic N) is 2. The average molecular weight is 377 g/mol. The van der Waals surface area contributed by atoms with Crippen molar-refractivity contribution in [1.82, 2.24) is 15.2 Å². The number of hydrogen-bond donors (Lipinski definition) is 3. The molecule has 2 aliphatic rings. The molecule has 1 aliphatic carbocycles. The van der Waals surface area contributed by atoms with E-state index in [2.05, 4.69) is 10.3 Å². The molecule has 0 radical (unpaired) electrons. The van der Waals surface area contributed by atoms with Crippen LogP contribution in [-0.2, 0) is 16.0 Å². The fraction of sp³-hybridized carbons (Fsp3) is 0.700. The molecule has 0 bridgehead atoms. The van der Waals surface area contributed by atoms with Crippen molar-refractivity contribution in [3.05, 3.63) is 30.1 Å². The van der Waals surface area contributed by atoms with Gasteiger partial charge in [-0.2, -0.15) is 0 Å². The maximum Gasteiger partial charge on any atom is 0.223 e. The average Bonchev–Trinajstić information content (AvgIpc) is 3.33. The van der Waals surface area contributed by atoms with Crippen LogP contribution in [0, 0.1) is 5.92 Å². The molecule has 2 fully saturated rings. The molecule has 7 nitrogen and oxygen atoms in total. The van der Waals surface area contributed by atoms with E-state index in [4.69, 9.17) is 4.74 Å². The topological polar surface area (TPSA) is 94.9 Å². The first kappa shape index (κ1) is 20.2. The first-order valence-electron chi connectivity index (χ1n) is 9.92. The molecular weight excluding hydrogens is 346 g/mol. The maximum absolute atomic E-state index is 12.3. The Balaban J connectivity index is 1.57. The van der Waals surface area contributed by atoms with Crippen molar-refractivity contribution in [2.45, 2.75) is 56.5 Å². The molecule has 3 rings (SSSR count). The molecule has 0 aromatic carbocycles. The van der Waals surface area contributed by atoms with E-state index < -0.39 is 12.2 Å². The second kappa shape index (κ2) is 9.59. The molecule has 1 saturated carbocycles. The second-order valence-electron chi connectivity index (χ2n) is 7.65. The molecule has 3 N–H and O–H groups in total. The van der Waals surface area contributed by atoms with E-state index in [0.717, 1.165) is 37.8 Å². The monoisotopic (exact) mass is 377 g/mol. The van der Waals surface area contributed by atoms with E-state index in [-0.39, 0.29) is 30.6 Å². The van der Waals surface area contributed by atoms with Crippen LogP contribution in [0.25, 0.3) is 0 Å². The van der Waals surface area contributed by atoms with Crippen LogP contribution in [0.1, 0.15) is 31.4 Å². The highest BCUT2D eigenvalue weighted by Gasteiger charge is 2.45. The molecule has 4 unspecified atom stereocenters. The van der Waals surface area contributed by atoms with E-state index in [1.807, 2.05) is 30.1 Å². The summed E-state index contributed by atoms with van der Waals surface area (Å²) >= 11 is 0. The summed E-state index contributed by atoms with van der Waals surface area (Å²) in [6.45, 7) is 0.813. The Morgan fingerprint density at radius 2 is 2.11 bits per heavy atom. The number of aliphatic hydroxyl groups is 2. The highest BCUT2D eigenvalue weighted by atomic mass is 16.5. The van der Waals surface area contributed by atoms with Crippen LogP contribution < -0.4 is 5.32 Å². The fourth-order valence-corrected chi connectivity index (χ4v) is 4.21. The summed E-state index contributed by atoms with van der Waals surface area (Å²) in [5.74, 6) is 0.179. The van der Waals surface area contributed by atoms with Crippen molar-refractivity contribution in [2.75, 3.05) is 26.7 Å². The Kier molecular flexibility index (Phi) is 7.18. The van der Waals surface area contributed by atoms with Gasteiger partial charge in [0.2, 0.25) is 5.91 Å². The molecule has 1 aromatic rings. The first-order valence-corrected chi connectivity index (χ1v) is 9.92. The van der Waals surface area contributed by atoms with Crippen LogP contribution in [0.5, 0.6) is 0 Å². The van der Waals surface area contributed by atoms with Crippen LogP contribution in [0.15, 0.2) is 24.4 Å². The summed E-state index contributed by atoms with van der Waals surface area (Å²) in [6, 6.07) is 5.54. The quantitative estimate of drug-likeness (QED) is 0.605. The van der Waals surface area contributed by atoms with Gasteiger partial charge in [0.05, 0.1) is 18.8 Å². The standard InChI is InChI=1S/C20H31N3O4/c1-23(11-9-15-8-4-5-10-21-15)18-16(27-17(13-24)19(18)25)12-22-20(26)14-6-2-3-7-14/h4-5,8,10,14,16-19,24-25H,2-3,6-7,9,11-13H2,1H3,(H,22,26). The molecule has 1 saturated heterocycles. The van der Waals surface area contributed by atoms with Crippen molar-refractivity contribution >= 4 is 5.91 Å². The molecule has 7 heteroatoms. The first-order chi connectivity index (χ1) is 13.1. The number of carbonyl (C=O) groups excluding carboxylic acids is 1. The molecule has 1 aromatic heterocycles. The van der Waals surface area contributed by atoms with Gasteiger partial charge >= 0.3 is 0 Å². The fourth-order valence-electron chi connectivity index (χ4n) is 4.21. The van der Waals surface area contributed by atoms with Crippen LogP contribution >= 0.6 is 0 Å². The van der Waals surface area contributed by atoms with Crippen LogP contribution in [0.4, 0.5) is 0 Å². The van der Waals surface area contributed by atoms with Gasteiger partial charge in [-0.05, 0) is 32.0 Å². The van der Waals surface area contributed by atoms with E-state index in [1.165, 1.54) is 0 Å². The van der Waals surface area contributed by atoms with Gasteiger partial charge in [-0.25, -0.2) is 0 Å². The number of pyridine rings is 1. The lowest BCUT2D eigenvalue weighted by molar-refractivity contribution is -0.125. The molecule has 1 amide bonds. The van der Waals surface area contributed by atoms with Crippen molar-refractivity contribution < 1.29 is 19.7 Å². The molecule has 150 valence electrons. The lowest BCUT2D eigenvalue weighted by atomic mass is 10.0. The van der Waals surface area contributed by atoms with Gasteiger partial charge in [0.25, 0.3) is 0 Å². The molecular formula is C20H31N3O4. The lowest BCUT2D eigenvalue weighted by Gasteiger charge is -2.30. The highest BCUT2D eigenvalue weighted by molar-refractivity contribution is 5.78. The minimum Gasteiger partial charge on any atom is -0.394 e. The molecule has 1 aliphatic heterocycles. The molecule has 0 spiro atoms. The van der Waals surface area contributed by atoms with Gasteiger partial charge in [0, 0.05) is 37.3 Å². The van der Waals surface area contributed by atoms with Crippen LogP contribution in [0.2, 0.25) is 0 Å². The zero-order chi connectivity index (χ0) is 19.2. The molecule has 27 heavy (non-hydrogen) atoms. The number of aromatic nitrogens is 1. The van der Waals surface area contributed by atoms with Crippen molar-refractivity contribution in [3.63, 3.8) is 0 Å². The molecule has 4 atom stereocenters. The van der Waals surface area contributed by atoms with Gasteiger partial charge in [0.15, 0.2) is 0 Å². The van der Waals surface area contributed by atoms with Crippen molar-refractivity contribution in [3.8, 4) is 0 Å². The lowest BCUT2D eigenvalue weighted by Crippen LogP contribution is -2.50. The predicted molar refractivity (Wildman–Crippen MR) is 101 cm³/mol. The number of aliphatic hydroxyl groups excluding tert-OH is 2. The Bertz CT molecular complexity index is 594. The number of ether oxygens (including phenoxy) is 1. The summed E-state index contributed by atoms with van der Waals surface area (Å²) in [4.78, 5) is 18.7. The molecule has 2 heterocycles. The SMILES string of the molecule is CN(CCc1ccccn1)C1C(CNC(=O)C2CCCC2)OC(CO)C1O. The van der Waals surface area contributed by atoms with Gasteiger partial charge in [-0.3, -0.25) is 14.7 Å². The predicted octanol–water partition coefficient (Wildman–Crippen LogP) is 0.352. The van der Waals surface area contributed by atoms with Gasteiger partial charge in [0.1, 0.15) is 12.2 Å². The number of amides is 1. The zero-order valence-electron chi connectivity index (χ0n) is 16.0. The summed E-state index contributed by atoms with van der Waals surface area (Å²) in [5, 5.41) is 23.1. The second-order valence-corrected chi connectivity index (χ2v) is 7.65. The third-order valence-electron chi connectivity index (χ3n) is 5.80. The minimum atomic E-state index is -0.794. The smallest absolute Gasteiger partial charge is 0.223 e.